The minimum absolute atomic E-state index is 0. The fourth-order valence-corrected chi connectivity index (χ4v) is 3.41. The van der Waals surface area contributed by atoms with Gasteiger partial charge in [-0.1, -0.05) is 24.3 Å². The summed E-state index contributed by atoms with van der Waals surface area (Å²) < 4.78 is 0. The number of nitrogens with zero attached hydrogens (tertiary/aromatic N) is 3. The minimum atomic E-state index is 0. The van der Waals surface area contributed by atoms with Gasteiger partial charge in [-0.2, -0.15) is 0 Å². The number of aryl methyl sites for hydroxylation is 2. The molecule has 0 fully saturated rings. The standard InChI is InChI=1S/C19H29N5S.HI/c1-6-20-19(22-12-18-14(2)23-15(3)25-18)21-11-16-7-9-17(10-8-16)13-24(4)5;/h7-10H,6,11-13H2,1-5H3,(H2,20,21,22);1H. The monoisotopic (exact) mass is 487 g/mol. The Morgan fingerprint density at radius 3 is 2.31 bits per heavy atom. The molecule has 0 atom stereocenters. The number of halogens is 1. The number of aliphatic imine (C=N–C) groups is 1. The first-order valence-electron chi connectivity index (χ1n) is 8.65. The summed E-state index contributed by atoms with van der Waals surface area (Å²) in [6.45, 7) is 9.40. The van der Waals surface area contributed by atoms with E-state index in [1.165, 1.54) is 16.0 Å². The van der Waals surface area contributed by atoms with Crippen molar-refractivity contribution in [1.82, 2.24) is 20.5 Å². The van der Waals surface area contributed by atoms with Gasteiger partial charge in [-0.05, 0) is 46.0 Å². The van der Waals surface area contributed by atoms with Crippen molar-refractivity contribution in [3.05, 3.63) is 51.0 Å². The highest BCUT2D eigenvalue weighted by atomic mass is 127. The van der Waals surface area contributed by atoms with Gasteiger partial charge in [0.05, 0.1) is 23.8 Å². The Balaban J connectivity index is 0.00000338. The van der Waals surface area contributed by atoms with Gasteiger partial charge in [0.15, 0.2) is 5.96 Å². The summed E-state index contributed by atoms with van der Waals surface area (Å²) in [7, 11) is 4.16. The van der Waals surface area contributed by atoms with Crippen LogP contribution in [0.25, 0.3) is 0 Å². The predicted molar refractivity (Wildman–Crippen MR) is 122 cm³/mol. The summed E-state index contributed by atoms with van der Waals surface area (Å²) in [6.07, 6.45) is 0. The lowest BCUT2D eigenvalue weighted by Crippen LogP contribution is -2.36. The van der Waals surface area contributed by atoms with Crippen LogP contribution in [0, 0.1) is 13.8 Å². The van der Waals surface area contributed by atoms with Crippen molar-refractivity contribution in [3.8, 4) is 0 Å². The van der Waals surface area contributed by atoms with Crippen molar-refractivity contribution in [1.29, 1.82) is 0 Å². The zero-order chi connectivity index (χ0) is 18.2. The average Bonchev–Trinajstić information content (AvgIpc) is 2.88. The number of benzene rings is 1. The van der Waals surface area contributed by atoms with Crippen LogP contribution in [0.4, 0.5) is 0 Å². The summed E-state index contributed by atoms with van der Waals surface area (Å²) in [4.78, 5) is 12.6. The van der Waals surface area contributed by atoms with E-state index in [0.717, 1.165) is 36.3 Å². The Bertz CT molecular complexity index is 694. The van der Waals surface area contributed by atoms with E-state index in [2.05, 4.69) is 72.7 Å². The van der Waals surface area contributed by atoms with Crippen LogP contribution in [-0.4, -0.2) is 36.5 Å². The van der Waals surface area contributed by atoms with Crippen LogP contribution in [0.3, 0.4) is 0 Å². The maximum atomic E-state index is 4.69. The number of hydrogen-bond donors (Lipinski definition) is 2. The van der Waals surface area contributed by atoms with E-state index in [-0.39, 0.29) is 24.0 Å². The van der Waals surface area contributed by atoms with Crippen molar-refractivity contribution in [2.24, 2.45) is 4.99 Å². The van der Waals surface area contributed by atoms with Gasteiger partial charge in [0.25, 0.3) is 0 Å². The lowest BCUT2D eigenvalue weighted by Gasteiger charge is -2.11. The smallest absolute Gasteiger partial charge is 0.191 e. The second-order valence-corrected chi connectivity index (χ2v) is 7.63. The molecule has 0 aliphatic rings. The van der Waals surface area contributed by atoms with Crippen molar-refractivity contribution in [2.45, 2.75) is 40.4 Å². The molecule has 0 bridgehead atoms. The van der Waals surface area contributed by atoms with Gasteiger partial charge in [-0.3, -0.25) is 0 Å². The zero-order valence-corrected chi connectivity index (χ0v) is 19.4. The SMILES string of the molecule is CCNC(=NCc1ccc(CN(C)C)cc1)NCc1sc(C)nc1C.I. The summed E-state index contributed by atoms with van der Waals surface area (Å²) in [6, 6.07) is 8.66. The lowest BCUT2D eigenvalue weighted by molar-refractivity contribution is 0.402. The molecule has 5 nitrogen and oxygen atoms in total. The molecule has 1 heterocycles. The van der Waals surface area contributed by atoms with Crippen LogP contribution in [0.15, 0.2) is 29.3 Å². The van der Waals surface area contributed by atoms with Crippen LogP contribution >= 0.6 is 35.3 Å². The molecule has 0 saturated carbocycles. The average molecular weight is 487 g/mol. The molecular formula is C19H30IN5S. The maximum Gasteiger partial charge on any atom is 0.191 e. The van der Waals surface area contributed by atoms with Crippen LogP contribution in [-0.2, 0) is 19.6 Å². The Morgan fingerprint density at radius 1 is 1.12 bits per heavy atom. The molecule has 0 spiro atoms. The van der Waals surface area contributed by atoms with Crippen molar-refractivity contribution < 1.29 is 0 Å². The number of thiazole rings is 1. The first-order valence-corrected chi connectivity index (χ1v) is 9.47. The number of guanidine groups is 1. The Labute approximate surface area is 178 Å². The van der Waals surface area contributed by atoms with Crippen LogP contribution in [0.5, 0.6) is 0 Å². The van der Waals surface area contributed by atoms with Gasteiger partial charge >= 0.3 is 0 Å². The molecule has 144 valence electrons. The first-order chi connectivity index (χ1) is 12.0. The largest absolute Gasteiger partial charge is 0.357 e. The molecule has 7 heteroatoms. The number of aromatic nitrogens is 1. The van der Waals surface area contributed by atoms with Crippen molar-refractivity contribution in [3.63, 3.8) is 0 Å². The van der Waals surface area contributed by atoms with Gasteiger partial charge in [0.1, 0.15) is 0 Å². The highest BCUT2D eigenvalue weighted by Crippen LogP contribution is 2.16. The molecule has 0 amide bonds. The van der Waals surface area contributed by atoms with E-state index in [0.29, 0.717) is 6.54 Å². The Hall–Kier alpha value is -1.19. The van der Waals surface area contributed by atoms with Crippen molar-refractivity contribution >= 4 is 41.3 Å². The second-order valence-electron chi connectivity index (χ2n) is 6.34. The molecule has 2 aromatic rings. The fourth-order valence-electron chi connectivity index (χ4n) is 2.53. The van der Waals surface area contributed by atoms with Crippen LogP contribution in [0.1, 0.15) is 33.6 Å². The topological polar surface area (TPSA) is 52.6 Å². The second kappa shape index (κ2) is 11.5. The van der Waals surface area contributed by atoms with Gasteiger partial charge in [-0.15, -0.1) is 35.3 Å². The summed E-state index contributed by atoms with van der Waals surface area (Å²) in [5, 5.41) is 7.81. The zero-order valence-electron chi connectivity index (χ0n) is 16.3. The van der Waals surface area contributed by atoms with Crippen molar-refractivity contribution in [2.75, 3.05) is 20.6 Å². The molecule has 26 heavy (non-hydrogen) atoms. The third kappa shape index (κ3) is 7.59. The molecule has 2 rings (SSSR count). The lowest BCUT2D eigenvalue weighted by atomic mass is 10.1. The number of rotatable bonds is 7. The van der Waals surface area contributed by atoms with Gasteiger partial charge in [0.2, 0.25) is 0 Å². The van der Waals surface area contributed by atoms with E-state index >= 15 is 0 Å². The quantitative estimate of drug-likeness (QED) is 0.356. The third-order valence-electron chi connectivity index (χ3n) is 3.70. The number of nitrogens with one attached hydrogen (secondary N) is 2. The molecule has 2 N–H and O–H groups in total. The third-order valence-corrected chi connectivity index (χ3v) is 4.77. The molecule has 0 aliphatic heterocycles. The molecule has 0 radical (unpaired) electrons. The molecule has 0 saturated heterocycles. The molecular weight excluding hydrogens is 457 g/mol. The molecule has 0 aliphatic carbocycles. The van der Waals surface area contributed by atoms with Gasteiger partial charge in [0, 0.05) is 18.0 Å². The van der Waals surface area contributed by atoms with E-state index < -0.39 is 0 Å². The summed E-state index contributed by atoms with van der Waals surface area (Å²) >= 11 is 1.73. The first kappa shape index (κ1) is 22.9. The predicted octanol–water partition coefficient (Wildman–Crippen LogP) is 3.69. The minimum Gasteiger partial charge on any atom is -0.357 e. The highest BCUT2D eigenvalue weighted by molar-refractivity contribution is 14.0. The maximum absolute atomic E-state index is 4.69. The van der Waals surface area contributed by atoms with Gasteiger partial charge in [-0.25, -0.2) is 9.98 Å². The Kier molecular flexibility index (Phi) is 10.1. The summed E-state index contributed by atoms with van der Waals surface area (Å²) in [5.41, 5.74) is 3.63. The fraction of sp³-hybridized carbons (Fsp3) is 0.474. The van der Waals surface area contributed by atoms with Crippen LogP contribution < -0.4 is 10.6 Å². The number of hydrogen-bond acceptors (Lipinski definition) is 4. The molecule has 1 aromatic heterocycles. The summed E-state index contributed by atoms with van der Waals surface area (Å²) in [5.74, 6) is 0.838. The van der Waals surface area contributed by atoms with Gasteiger partial charge < -0.3 is 15.5 Å². The molecule has 1 aromatic carbocycles. The van der Waals surface area contributed by atoms with E-state index in [4.69, 9.17) is 4.99 Å². The highest BCUT2D eigenvalue weighted by Gasteiger charge is 2.06. The van der Waals surface area contributed by atoms with E-state index in [9.17, 15) is 0 Å². The van der Waals surface area contributed by atoms with E-state index in [1.54, 1.807) is 11.3 Å². The molecule has 0 unspecified atom stereocenters. The van der Waals surface area contributed by atoms with Crippen LogP contribution in [0.2, 0.25) is 0 Å². The van der Waals surface area contributed by atoms with E-state index in [1.807, 2.05) is 6.92 Å². The normalized spacial score (nSPS) is 11.4. The Morgan fingerprint density at radius 2 is 1.77 bits per heavy atom.